The minimum atomic E-state index is 0.637. The number of nitrogens with zero attached hydrogens (tertiary/aromatic N) is 1. The van der Waals surface area contributed by atoms with Gasteiger partial charge in [-0.15, -0.1) is 0 Å². The molecule has 3 rings (SSSR count). The maximum absolute atomic E-state index is 6.06. The molecular weight excluding hydrogens is 376 g/mol. The van der Waals surface area contributed by atoms with Gasteiger partial charge in [0.25, 0.3) is 0 Å². The molecule has 3 nitrogen and oxygen atoms in total. The van der Waals surface area contributed by atoms with Crippen molar-refractivity contribution in [3.8, 4) is 5.75 Å². The van der Waals surface area contributed by atoms with Crippen LogP contribution >= 0.6 is 27.5 Å². The Morgan fingerprint density at radius 1 is 1.17 bits per heavy atom. The average Bonchev–Trinajstić information content (AvgIpc) is 2.52. The van der Waals surface area contributed by atoms with Crippen molar-refractivity contribution < 1.29 is 4.74 Å². The molecule has 3 aromatic rings. The van der Waals surface area contributed by atoms with Crippen LogP contribution in [-0.2, 0) is 0 Å². The molecular formula is C18H16BrClN2O. The number of anilines is 2. The fraction of sp³-hybridized carbons (Fsp3) is 0.167. The predicted molar refractivity (Wildman–Crippen MR) is 100 cm³/mol. The van der Waals surface area contributed by atoms with Crippen LogP contribution in [-0.4, -0.2) is 11.6 Å². The normalized spacial score (nSPS) is 10.8. The lowest BCUT2D eigenvalue weighted by Crippen LogP contribution is -1.96. The van der Waals surface area contributed by atoms with E-state index in [4.69, 9.17) is 16.3 Å². The van der Waals surface area contributed by atoms with Gasteiger partial charge in [-0.25, -0.2) is 0 Å². The monoisotopic (exact) mass is 390 g/mol. The first-order valence-electron chi connectivity index (χ1n) is 7.33. The first kappa shape index (κ1) is 16.1. The SMILES string of the molecule is CCOc1ccc2nc(C)cc(Nc3ccc(Cl)c(Br)c3)c2c1. The second-order valence-corrected chi connectivity index (χ2v) is 6.44. The second-order valence-electron chi connectivity index (χ2n) is 5.18. The molecule has 0 saturated carbocycles. The van der Waals surface area contributed by atoms with Crippen LogP contribution in [0.25, 0.3) is 10.9 Å². The fourth-order valence-corrected chi connectivity index (χ4v) is 2.92. The van der Waals surface area contributed by atoms with E-state index in [-0.39, 0.29) is 0 Å². The third-order valence-electron chi connectivity index (χ3n) is 3.42. The summed E-state index contributed by atoms with van der Waals surface area (Å²) in [7, 11) is 0. The zero-order chi connectivity index (χ0) is 16.4. The Hall–Kier alpha value is -1.78. The summed E-state index contributed by atoms with van der Waals surface area (Å²) in [6.45, 7) is 4.60. The van der Waals surface area contributed by atoms with Crippen LogP contribution < -0.4 is 10.1 Å². The number of nitrogens with one attached hydrogen (secondary N) is 1. The number of benzene rings is 2. The van der Waals surface area contributed by atoms with Gasteiger partial charge in [0.15, 0.2) is 0 Å². The third-order valence-corrected chi connectivity index (χ3v) is 4.63. The Kier molecular flexibility index (Phi) is 4.74. The quantitative estimate of drug-likeness (QED) is 0.583. The van der Waals surface area contributed by atoms with E-state index in [1.807, 2.05) is 56.3 Å². The standard InChI is InChI=1S/C18H16BrClN2O/c1-3-23-13-5-7-17-14(10-13)18(8-11(2)21-17)22-12-4-6-16(20)15(19)9-12/h4-10H,3H2,1-2H3,(H,21,22). The van der Waals surface area contributed by atoms with Crippen LogP contribution in [0.1, 0.15) is 12.6 Å². The number of hydrogen-bond donors (Lipinski definition) is 1. The zero-order valence-corrected chi connectivity index (χ0v) is 15.2. The maximum Gasteiger partial charge on any atom is 0.120 e. The Balaban J connectivity index is 2.07. The largest absolute Gasteiger partial charge is 0.494 e. The molecule has 0 aliphatic carbocycles. The number of rotatable bonds is 4. The summed E-state index contributed by atoms with van der Waals surface area (Å²) in [6.07, 6.45) is 0. The highest BCUT2D eigenvalue weighted by atomic mass is 79.9. The van der Waals surface area contributed by atoms with Gasteiger partial charge in [-0.1, -0.05) is 11.6 Å². The Labute approximate surface area is 148 Å². The van der Waals surface area contributed by atoms with Gasteiger partial charge < -0.3 is 10.1 Å². The zero-order valence-electron chi connectivity index (χ0n) is 12.9. The molecule has 0 fully saturated rings. The highest BCUT2D eigenvalue weighted by molar-refractivity contribution is 9.10. The second kappa shape index (κ2) is 6.77. The van der Waals surface area contributed by atoms with Gasteiger partial charge in [0.05, 0.1) is 17.1 Å². The molecule has 0 unspecified atom stereocenters. The average molecular weight is 392 g/mol. The summed E-state index contributed by atoms with van der Waals surface area (Å²) >= 11 is 9.51. The molecule has 0 radical (unpaired) electrons. The smallest absolute Gasteiger partial charge is 0.120 e. The lowest BCUT2D eigenvalue weighted by molar-refractivity contribution is 0.340. The first-order valence-corrected chi connectivity index (χ1v) is 8.50. The Morgan fingerprint density at radius 3 is 2.74 bits per heavy atom. The van der Waals surface area contributed by atoms with Gasteiger partial charge in [0.1, 0.15) is 5.75 Å². The van der Waals surface area contributed by atoms with E-state index >= 15 is 0 Å². The van der Waals surface area contributed by atoms with Crippen molar-refractivity contribution in [1.29, 1.82) is 0 Å². The molecule has 0 saturated heterocycles. The van der Waals surface area contributed by atoms with Gasteiger partial charge in [0, 0.05) is 26.9 Å². The fourth-order valence-electron chi connectivity index (χ4n) is 2.43. The highest BCUT2D eigenvalue weighted by Crippen LogP contribution is 2.32. The van der Waals surface area contributed by atoms with Crippen LogP contribution in [0.4, 0.5) is 11.4 Å². The van der Waals surface area contributed by atoms with Gasteiger partial charge >= 0.3 is 0 Å². The highest BCUT2D eigenvalue weighted by Gasteiger charge is 2.07. The van der Waals surface area contributed by atoms with Crippen molar-refractivity contribution in [3.63, 3.8) is 0 Å². The number of pyridine rings is 1. The van der Waals surface area contributed by atoms with Crippen molar-refractivity contribution in [3.05, 3.63) is 57.7 Å². The molecule has 2 aromatic carbocycles. The van der Waals surface area contributed by atoms with Crippen molar-refractivity contribution in [2.75, 3.05) is 11.9 Å². The summed E-state index contributed by atoms with van der Waals surface area (Å²) in [4.78, 5) is 4.58. The van der Waals surface area contributed by atoms with E-state index in [0.717, 1.165) is 38.2 Å². The van der Waals surface area contributed by atoms with E-state index in [1.165, 1.54) is 0 Å². The number of hydrogen-bond acceptors (Lipinski definition) is 3. The molecule has 118 valence electrons. The molecule has 0 atom stereocenters. The van der Waals surface area contributed by atoms with Gasteiger partial charge in [-0.05, 0) is 72.2 Å². The van der Waals surface area contributed by atoms with Gasteiger partial charge in [0.2, 0.25) is 0 Å². The number of fused-ring (bicyclic) bond motifs is 1. The van der Waals surface area contributed by atoms with Crippen molar-refractivity contribution in [2.24, 2.45) is 0 Å². The number of aryl methyl sites for hydroxylation is 1. The van der Waals surface area contributed by atoms with Gasteiger partial charge in [-0.2, -0.15) is 0 Å². The van der Waals surface area contributed by atoms with Crippen LogP contribution in [0.15, 0.2) is 46.9 Å². The Morgan fingerprint density at radius 2 is 2.00 bits per heavy atom. The van der Waals surface area contributed by atoms with E-state index < -0.39 is 0 Å². The molecule has 1 aromatic heterocycles. The predicted octanol–water partition coefficient (Wildman–Crippen LogP) is 6.10. The van der Waals surface area contributed by atoms with E-state index in [0.29, 0.717) is 11.6 Å². The van der Waals surface area contributed by atoms with Crippen molar-refractivity contribution >= 4 is 49.8 Å². The molecule has 1 heterocycles. The first-order chi connectivity index (χ1) is 11.1. The molecule has 23 heavy (non-hydrogen) atoms. The van der Waals surface area contributed by atoms with E-state index in [1.54, 1.807) is 0 Å². The van der Waals surface area contributed by atoms with Crippen LogP contribution in [0, 0.1) is 6.92 Å². The topological polar surface area (TPSA) is 34.1 Å². The molecule has 0 aliphatic rings. The minimum Gasteiger partial charge on any atom is -0.494 e. The molecule has 1 N–H and O–H groups in total. The van der Waals surface area contributed by atoms with Crippen molar-refractivity contribution in [2.45, 2.75) is 13.8 Å². The van der Waals surface area contributed by atoms with Crippen LogP contribution in [0.3, 0.4) is 0 Å². The van der Waals surface area contributed by atoms with Crippen LogP contribution in [0.2, 0.25) is 5.02 Å². The summed E-state index contributed by atoms with van der Waals surface area (Å²) in [6, 6.07) is 13.7. The van der Waals surface area contributed by atoms with Gasteiger partial charge in [-0.3, -0.25) is 4.98 Å². The lowest BCUT2D eigenvalue weighted by Gasteiger charge is -2.13. The summed E-state index contributed by atoms with van der Waals surface area (Å²) in [5.41, 5.74) is 3.83. The number of halogens is 2. The molecule has 0 bridgehead atoms. The molecule has 5 heteroatoms. The molecule has 0 amide bonds. The maximum atomic E-state index is 6.06. The number of ether oxygens (including phenoxy) is 1. The molecule has 0 aliphatic heterocycles. The number of aromatic nitrogens is 1. The van der Waals surface area contributed by atoms with E-state index in [2.05, 4.69) is 26.2 Å². The lowest BCUT2D eigenvalue weighted by atomic mass is 10.1. The summed E-state index contributed by atoms with van der Waals surface area (Å²) in [5.74, 6) is 0.839. The summed E-state index contributed by atoms with van der Waals surface area (Å²) in [5, 5.41) is 5.15. The van der Waals surface area contributed by atoms with Crippen molar-refractivity contribution in [1.82, 2.24) is 4.98 Å². The Bertz CT molecular complexity index is 867. The summed E-state index contributed by atoms with van der Waals surface area (Å²) < 4.78 is 6.46. The molecule has 0 spiro atoms. The minimum absolute atomic E-state index is 0.637. The third kappa shape index (κ3) is 3.59. The van der Waals surface area contributed by atoms with Crippen LogP contribution in [0.5, 0.6) is 5.75 Å². The van der Waals surface area contributed by atoms with E-state index in [9.17, 15) is 0 Å².